The van der Waals surface area contributed by atoms with Crippen LogP contribution in [0.5, 0.6) is 0 Å². The number of amides is 1. The molecule has 0 bridgehead atoms. The number of aromatic nitrogens is 1. The van der Waals surface area contributed by atoms with Gasteiger partial charge in [-0.2, -0.15) is 11.8 Å². The van der Waals surface area contributed by atoms with Gasteiger partial charge in [-0.15, -0.1) is 0 Å². The van der Waals surface area contributed by atoms with Crippen LogP contribution in [-0.4, -0.2) is 47.4 Å². The number of nitrogens with zero attached hydrogens (tertiary/aromatic N) is 2. The maximum absolute atomic E-state index is 12.5. The molecule has 5 heteroatoms. The van der Waals surface area contributed by atoms with Gasteiger partial charge in [0, 0.05) is 31.6 Å². The second-order valence-electron chi connectivity index (χ2n) is 4.55. The number of rotatable bonds is 7. The lowest BCUT2D eigenvalue weighted by Crippen LogP contribution is -2.37. The van der Waals surface area contributed by atoms with Crippen LogP contribution in [0.25, 0.3) is 0 Å². The van der Waals surface area contributed by atoms with Crippen LogP contribution in [0.2, 0.25) is 0 Å². The normalized spacial score (nSPS) is 12.0. The second-order valence-corrected chi connectivity index (χ2v) is 5.46. The Kier molecular flexibility index (Phi) is 6.70. The molecule has 0 aliphatic heterocycles. The van der Waals surface area contributed by atoms with Crippen molar-refractivity contribution in [3.8, 4) is 0 Å². The summed E-state index contributed by atoms with van der Waals surface area (Å²) in [5, 5.41) is 3.21. The summed E-state index contributed by atoms with van der Waals surface area (Å²) >= 11 is 1.74. The van der Waals surface area contributed by atoms with Gasteiger partial charge in [0.2, 0.25) is 0 Å². The fourth-order valence-corrected chi connectivity index (χ4v) is 2.41. The van der Waals surface area contributed by atoms with Gasteiger partial charge in [-0.3, -0.25) is 4.79 Å². The minimum Gasteiger partial charge on any atom is -0.369 e. The van der Waals surface area contributed by atoms with Crippen molar-refractivity contribution >= 4 is 23.5 Å². The molecule has 1 rings (SSSR count). The molecule has 0 fully saturated rings. The summed E-state index contributed by atoms with van der Waals surface area (Å²) < 4.78 is 0. The molecule has 1 unspecified atom stereocenters. The molecule has 1 N–H and O–H groups in total. The first-order valence-electron chi connectivity index (χ1n) is 6.56. The zero-order valence-electron chi connectivity index (χ0n) is 12.1. The van der Waals surface area contributed by atoms with Crippen molar-refractivity contribution in [3.05, 3.63) is 23.9 Å². The summed E-state index contributed by atoms with van der Waals surface area (Å²) in [6, 6.07) is 3.84. The van der Waals surface area contributed by atoms with E-state index in [0.717, 1.165) is 18.7 Å². The molecule has 0 spiro atoms. The van der Waals surface area contributed by atoms with Crippen LogP contribution in [-0.2, 0) is 0 Å². The molecule has 1 heterocycles. The highest BCUT2D eigenvalue weighted by molar-refractivity contribution is 7.98. The summed E-state index contributed by atoms with van der Waals surface area (Å²) in [6.45, 7) is 4.97. The fourth-order valence-electron chi connectivity index (χ4n) is 1.71. The van der Waals surface area contributed by atoms with Crippen molar-refractivity contribution in [1.82, 2.24) is 9.88 Å². The van der Waals surface area contributed by atoms with Gasteiger partial charge < -0.3 is 10.2 Å². The van der Waals surface area contributed by atoms with E-state index in [1.165, 1.54) is 0 Å². The summed E-state index contributed by atoms with van der Waals surface area (Å²) in [5.74, 6) is 1.63. The fraction of sp³-hybridized carbons (Fsp3) is 0.571. The first-order valence-corrected chi connectivity index (χ1v) is 7.96. The molecule has 106 valence electrons. The van der Waals surface area contributed by atoms with Gasteiger partial charge >= 0.3 is 0 Å². The van der Waals surface area contributed by atoms with E-state index in [2.05, 4.69) is 24.1 Å². The molecular formula is C14H23N3OS. The minimum atomic E-state index is 0.0215. The van der Waals surface area contributed by atoms with Gasteiger partial charge in [0.1, 0.15) is 5.82 Å². The Balaban J connectivity index is 2.86. The van der Waals surface area contributed by atoms with Gasteiger partial charge in [-0.1, -0.05) is 6.92 Å². The SMILES string of the molecule is CCCNc1ncccc1C(=O)N(C)C(C)CSC. The Hall–Kier alpha value is -1.23. The van der Waals surface area contributed by atoms with Crippen LogP contribution >= 0.6 is 11.8 Å². The topological polar surface area (TPSA) is 45.2 Å². The van der Waals surface area contributed by atoms with E-state index in [1.54, 1.807) is 28.9 Å². The monoisotopic (exact) mass is 281 g/mol. The van der Waals surface area contributed by atoms with E-state index in [9.17, 15) is 4.79 Å². The van der Waals surface area contributed by atoms with E-state index >= 15 is 0 Å². The number of hydrogen-bond donors (Lipinski definition) is 1. The van der Waals surface area contributed by atoms with Crippen molar-refractivity contribution < 1.29 is 4.79 Å². The number of hydrogen-bond acceptors (Lipinski definition) is 4. The Labute approximate surface area is 120 Å². The molecule has 19 heavy (non-hydrogen) atoms. The molecule has 0 radical (unpaired) electrons. The largest absolute Gasteiger partial charge is 0.369 e. The van der Waals surface area contributed by atoms with Crippen molar-refractivity contribution in [2.24, 2.45) is 0 Å². The van der Waals surface area contributed by atoms with E-state index in [4.69, 9.17) is 0 Å². The average molecular weight is 281 g/mol. The molecule has 0 aliphatic carbocycles. The van der Waals surface area contributed by atoms with Crippen molar-refractivity contribution in [2.45, 2.75) is 26.3 Å². The molecular weight excluding hydrogens is 258 g/mol. The van der Waals surface area contributed by atoms with Gasteiger partial charge in [-0.25, -0.2) is 4.98 Å². The zero-order chi connectivity index (χ0) is 14.3. The lowest BCUT2D eigenvalue weighted by Gasteiger charge is -2.25. The van der Waals surface area contributed by atoms with E-state index < -0.39 is 0 Å². The van der Waals surface area contributed by atoms with Crippen LogP contribution in [0.1, 0.15) is 30.6 Å². The van der Waals surface area contributed by atoms with Crippen molar-refractivity contribution in [3.63, 3.8) is 0 Å². The Morgan fingerprint density at radius 2 is 2.32 bits per heavy atom. The highest BCUT2D eigenvalue weighted by Gasteiger charge is 2.20. The number of carbonyl (C=O) groups is 1. The molecule has 1 amide bonds. The molecule has 0 aromatic carbocycles. The Bertz CT molecular complexity index is 411. The van der Waals surface area contributed by atoms with E-state index in [-0.39, 0.29) is 11.9 Å². The molecule has 1 atom stereocenters. The maximum Gasteiger partial charge on any atom is 0.257 e. The van der Waals surface area contributed by atoms with Crippen LogP contribution in [0, 0.1) is 0 Å². The van der Waals surface area contributed by atoms with Crippen LogP contribution in [0.3, 0.4) is 0 Å². The predicted octanol–water partition coefficient (Wildman–Crippen LogP) is 2.73. The molecule has 4 nitrogen and oxygen atoms in total. The van der Waals surface area contributed by atoms with Crippen molar-refractivity contribution in [2.75, 3.05) is 30.9 Å². The Morgan fingerprint density at radius 3 is 2.95 bits per heavy atom. The standard InChI is InChI=1S/C14H23N3OS/c1-5-8-15-13-12(7-6-9-16-13)14(18)17(3)11(2)10-19-4/h6-7,9,11H,5,8,10H2,1-4H3,(H,15,16). The van der Waals surface area contributed by atoms with Gasteiger partial charge in [0.25, 0.3) is 5.91 Å². The third-order valence-corrected chi connectivity index (χ3v) is 3.79. The minimum absolute atomic E-state index is 0.0215. The molecule has 0 saturated heterocycles. The summed E-state index contributed by atoms with van der Waals surface area (Å²) in [6.07, 6.45) is 4.76. The quantitative estimate of drug-likeness (QED) is 0.834. The highest BCUT2D eigenvalue weighted by atomic mass is 32.2. The van der Waals surface area contributed by atoms with Gasteiger partial charge in [0.15, 0.2) is 0 Å². The number of anilines is 1. The highest BCUT2D eigenvalue weighted by Crippen LogP contribution is 2.16. The molecule has 0 aliphatic rings. The van der Waals surface area contributed by atoms with Crippen LogP contribution < -0.4 is 5.32 Å². The number of thioether (sulfide) groups is 1. The number of pyridine rings is 1. The van der Waals surface area contributed by atoms with Crippen molar-refractivity contribution in [1.29, 1.82) is 0 Å². The van der Waals surface area contributed by atoms with E-state index in [0.29, 0.717) is 11.4 Å². The Morgan fingerprint density at radius 1 is 1.58 bits per heavy atom. The lowest BCUT2D eigenvalue weighted by molar-refractivity contribution is 0.0758. The van der Waals surface area contributed by atoms with E-state index in [1.807, 2.05) is 19.4 Å². The van der Waals surface area contributed by atoms with Gasteiger partial charge in [-0.05, 0) is 31.7 Å². The van der Waals surface area contributed by atoms with Crippen LogP contribution in [0.4, 0.5) is 5.82 Å². The molecule has 1 aromatic rings. The predicted molar refractivity (Wildman–Crippen MR) is 83.0 cm³/mol. The number of nitrogens with one attached hydrogen (secondary N) is 1. The summed E-state index contributed by atoms with van der Waals surface area (Å²) in [5.41, 5.74) is 0.645. The third-order valence-electron chi connectivity index (χ3n) is 2.97. The smallest absolute Gasteiger partial charge is 0.257 e. The van der Waals surface area contributed by atoms with Gasteiger partial charge in [0.05, 0.1) is 5.56 Å². The van der Waals surface area contributed by atoms with Crippen LogP contribution in [0.15, 0.2) is 18.3 Å². The first kappa shape index (κ1) is 15.8. The number of carbonyl (C=O) groups excluding carboxylic acids is 1. The summed E-state index contributed by atoms with van der Waals surface area (Å²) in [7, 11) is 1.85. The maximum atomic E-state index is 12.5. The zero-order valence-corrected chi connectivity index (χ0v) is 13.0. The second kappa shape index (κ2) is 8.04. The summed E-state index contributed by atoms with van der Waals surface area (Å²) in [4.78, 5) is 18.5. The molecule has 1 aromatic heterocycles. The average Bonchev–Trinajstić information content (AvgIpc) is 2.44. The molecule has 0 saturated carbocycles. The first-order chi connectivity index (χ1) is 9.11. The lowest BCUT2D eigenvalue weighted by atomic mass is 10.2. The third kappa shape index (κ3) is 4.42.